The molecule has 168 valence electrons. The van der Waals surface area contributed by atoms with Crippen LogP contribution in [0.2, 0.25) is 0 Å². The number of hydrogen-bond acceptors (Lipinski definition) is 7. The molecule has 3 aromatic rings. The average molecular weight is 437 g/mol. The molecule has 0 bridgehead atoms. The van der Waals surface area contributed by atoms with E-state index in [-0.39, 0.29) is 6.09 Å². The zero-order chi connectivity index (χ0) is 22.6. The lowest BCUT2D eigenvalue weighted by Gasteiger charge is -2.33. The van der Waals surface area contributed by atoms with Crippen LogP contribution in [0.5, 0.6) is 5.75 Å². The van der Waals surface area contributed by atoms with Crippen molar-refractivity contribution < 1.29 is 14.3 Å². The molecule has 3 heterocycles. The van der Waals surface area contributed by atoms with Crippen molar-refractivity contribution in [1.82, 2.24) is 30.1 Å². The highest BCUT2D eigenvalue weighted by atomic mass is 16.6. The molecular weight excluding hydrogens is 408 g/mol. The Hall–Kier alpha value is -3.49. The molecule has 0 aliphatic carbocycles. The maximum absolute atomic E-state index is 12.2. The molecule has 9 nitrogen and oxygen atoms in total. The van der Waals surface area contributed by atoms with Gasteiger partial charge in [-0.15, -0.1) is 5.10 Å². The van der Waals surface area contributed by atoms with Crippen LogP contribution in [0.3, 0.4) is 0 Å². The summed E-state index contributed by atoms with van der Waals surface area (Å²) in [6.07, 6.45) is 4.95. The summed E-state index contributed by atoms with van der Waals surface area (Å²) in [6, 6.07) is 11.7. The van der Waals surface area contributed by atoms with E-state index in [9.17, 15) is 4.79 Å². The van der Waals surface area contributed by atoms with Crippen LogP contribution < -0.4 is 4.74 Å². The first-order chi connectivity index (χ1) is 15.4. The number of benzene rings is 1. The van der Waals surface area contributed by atoms with Gasteiger partial charge in [-0.05, 0) is 74.4 Å². The van der Waals surface area contributed by atoms with Crippen LogP contribution in [0.15, 0.2) is 48.9 Å². The number of hydrogen-bond donors (Lipinski definition) is 0. The van der Waals surface area contributed by atoms with Gasteiger partial charge in [0, 0.05) is 36.5 Å². The summed E-state index contributed by atoms with van der Waals surface area (Å²) < 4.78 is 12.9. The Morgan fingerprint density at radius 1 is 1.09 bits per heavy atom. The van der Waals surface area contributed by atoms with E-state index < -0.39 is 5.60 Å². The first kappa shape index (κ1) is 21.7. The second kappa shape index (κ2) is 9.33. The van der Waals surface area contributed by atoms with Crippen LogP contribution in [0, 0.1) is 0 Å². The van der Waals surface area contributed by atoms with E-state index in [4.69, 9.17) is 9.47 Å². The van der Waals surface area contributed by atoms with Crippen molar-refractivity contribution in [3.8, 4) is 11.4 Å². The molecule has 4 rings (SSSR count). The number of amides is 1. The van der Waals surface area contributed by atoms with Crippen LogP contribution in [-0.2, 0) is 11.3 Å². The van der Waals surface area contributed by atoms with Gasteiger partial charge in [-0.3, -0.25) is 4.98 Å². The van der Waals surface area contributed by atoms with Gasteiger partial charge in [-0.2, -0.15) is 0 Å². The standard InChI is InChI=1S/C23H28N6O3/c1-23(2,3)32-22(30)28-12-10-18(11-13-28)21-9-4-17(14-24-21)15-31-20-7-5-19(6-8-20)29-16-25-26-27-29/h4-9,14,16,18H,10-13,15H2,1-3H3. The van der Waals surface area contributed by atoms with Crippen LogP contribution in [0.25, 0.3) is 5.69 Å². The maximum Gasteiger partial charge on any atom is 0.410 e. The quantitative estimate of drug-likeness (QED) is 0.601. The average Bonchev–Trinajstić information content (AvgIpc) is 3.32. The second-order valence-electron chi connectivity index (χ2n) is 8.87. The third-order valence-corrected chi connectivity index (χ3v) is 5.27. The number of ether oxygens (including phenoxy) is 2. The van der Waals surface area contributed by atoms with E-state index in [0.717, 1.165) is 35.5 Å². The number of piperidine rings is 1. The number of carbonyl (C=O) groups is 1. The minimum Gasteiger partial charge on any atom is -0.489 e. The fourth-order valence-electron chi connectivity index (χ4n) is 3.59. The lowest BCUT2D eigenvalue weighted by molar-refractivity contribution is 0.0204. The van der Waals surface area contributed by atoms with Crippen LogP contribution in [0.4, 0.5) is 4.79 Å². The van der Waals surface area contributed by atoms with E-state index in [1.807, 2.05) is 51.2 Å². The highest BCUT2D eigenvalue weighted by Crippen LogP contribution is 2.27. The molecule has 1 saturated heterocycles. The van der Waals surface area contributed by atoms with Crippen molar-refractivity contribution in [1.29, 1.82) is 0 Å². The number of rotatable bonds is 5. The zero-order valence-electron chi connectivity index (χ0n) is 18.6. The number of pyridine rings is 1. The molecule has 1 fully saturated rings. The van der Waals surface area contributed by atoms with Crippen LogP contribution >= 0.6 is 0 Å². The first-order valence-corrected chi connectivity index (χ1v) is 10.8. The second-order valence-corrected chi connectivity index (χ2v) is 8.87. The summed E-state index contributed by atoms with van der Waals surface area (Å²) in [5.41, 5.74) is 2.46. The molecular formula is C23H28N6O3. The molecule has 1 aliphatic heterocycles. The molecule has 0 radical (unpaired) electrons. The minimum absolute atomic E-state index is 0.234. The Kier molecular flexibility index (Phi) is 6.34. The summed E-state index contributed by atoms with van der Waals surface area (Å²) in [4.78, 5) is 18.7. The summed E-state index contributed by atoms with van der Waals surface area (Å²) in [5, 5.41) is 11.1. The van der Waals surface area contributed by atoms with Crippen molar-refractivity contribution >= 4 is 6.09 Å². The molecule has 9 heteroatoms. The fraction of sp³-hybridized carbons (Fsp3) is 0.435. The molecule has 2 aromatic heterocycles. The molecule has 0 saturated carbocycles. The predicted octanol–water partition coefficient (Wildman–Crippen LogP) is 3.75. The van der Waals surface area contributed by atoms with Crippen molar-refractivity contribution in [2.45, 2.75) is 51.7 Å². The number of likely N-dealkylation sites (tertiary alicyclic amines) is 1. The Morgan fingerprint density at radius 3 is 2.44 bits per heavy atom. The van der Waals surface area contributed by atoms with Crippen molar-refractivity contribution in [2.75, 3.05) is 13.1 Å². The van der Waals surface area contributed by atoms with Gasteiger partial charge in [0.25, 0.3) is 0 Å². The minimum atomic E-state index is -0.468. The maximum atomic E-state index is 12.2. The lowest BCUT2D eigenvalue weighted by atomic mass is 9.93. The van der Waals surface area contributed by atoms with E-state index in [2.05, 4.69) is 32.6 Å². The van der Waals surface area contributed by atoms with Crippen LogP contribution in [0.1, 0.15) is 50.8 Å². The van der Waals surface area contributed by atoms with Gasteiger partial charge in [0.2, 0.25) is 0 Å². The van der Waals surface area contributed by atoms with Crippen molar-refractivity contribution in [2.24, 2.45) is 0 Å². The van der Waals surface area contributed by atoms with Gasteiger partial charge < -0.3 is 14.4 Å². The van der Waals surface area contributed by atoms with Crippen LogP contribution in [-0.4, -0.2) is 54.9 Å². The molecule has 0 atom stereocenters. The third kappa shape index (κ3) is 5.60. The summed E-state index contributed by atoms with van der Waals surface area (Å²) in [5.74, 6) is 1.11. The Bertz CT molecular complexity index is 1010. The highest BCUT2D eigenvalue weighted by Gasteiger charge is 2.27. The first-order valence-electron chi connectivity index (χ1n) is 10.8. The van der Waals surface area contributed by atoms with Gasteiger partial charge in [-0.25, -0.2) is 9.48 Å². The van der Waals surface area contributed by atoms with Crippen molar-refractivity contribution in [3.05, 3.63) is 60.2 Å². The molecule has 32 heavy (non-hydrogen) atoms. The number of carbonyl (C=O) groups excluding carboxylic acids is 1. The smallest absolute Gasteiger partial charge is 0.410 e. The zero-order valence-corrected chi connectivity index (χ0v) is 18.6. The predicted molar refractivity (Wildman–Crippen MR) is 118 cm³/mol. The fourth-order valence-corrected chi connectivity index (χ4v) is 3.59. The van der Waals surface area contributed by atoms with E-state index >= 15 is 0 Å². The Balaban J connectivity index is 1.26. The summed E-state index contributed by atoms with van der Waals surface area (Å²) >= 11 is 0. The highest BCUT2D eigenvalue weighted by molar-refractivity contribution is 5.68. The topological polar surface area (TPSA) is 95.3 Å². The van der Waals surface area contributed by atoms with Gasteiger partial charge in [0.1, 0.15) is 24.3 Å². The molecule has 1 aromatic carbocycles. The van der Waals surface area contributed by atoms with Gasteiger partial charge in [0.15, 0.2) is 0 Å². The lowest BCUT2D eigenvalue weighted by Crippen LogP contribution is -2.41. The molecule has 1 amide bonds. The third-order valence-electron chi connectivity index (χ3n) is 5.27. The number of tetrazole rings is 1. The van der Waals surface area contributed by atoms with Crippen molar-refractivity contribution in [3.63, 3.8) is 0 Å². The van der Waals surface area contributed by atoms with E-state index in [1.54, 1.807) is 15.9 Å². The molecule has 1 aliphatic rings. The van der Waals surface area contributed by atoms with Gasteiger partial charge >= 0.3 is 6.09 Å². The molecule has 0 N–H and O–H groups in total. The van der Waals surface area contributed by atoms with Gasteiger partial charge in [0.05, 0.1) is 5.69 Å². The Morgan fingerprint density at radius 2 is 1.84 bits per heavy atom. The number of nitrogens with zero attached hydrogens (tertiary/aromatic N) is 6. The summed E-state index contributed by atoms with van der Waals surface area (Å²) in [7, 11) is 0. The molecule has 0 unspecified atom stereocenters. The SMILES string of the molecule is CC(C)(C)OC(=O)N1CCC(c2ccc(COc3ccc(-n4cnnn4)cc3)cn2)CC1. The normalized spacial score (nSPS) is 14.9. The van der Waals surface area contributed by atoms with Gasteiger partial charge in [-0.1, -0.05) is 6.07 Å². The largest absolute Gasteiger partial charge is 0.489 e. The Labute approximate surface area is 187 Å². The van der Waals surface area contributed by atoms with E-state index in [1.165, 1.54) is 0 Å². The number of aromatic nitrogens is 5. The summed E-state index contributed by atoms with van der Waals surface area (Å²) in [6.45, 7) is 7.48. The van der Waals surface area contributed by atoms with E-state index in [0.29, 0.717) is 25.6 Å². The molecule has 0 spiro atoms. The monoisotopic (exact) mass is 436 g/mol.